The predicted octanol–water partition coefficient (Wildman–Crippen LogP) is 4.49. The Morgan fingerprint density at radius 3 is 2.45 bits per heavy atom. The van der Waals surface area contributed by atoms with Crippen molar-refractivity contribution < 1.29 is 14.6 Å². The highest BCUT2D eigenvalue weighted by atomic mass is 35.5. The summed E-state index contributed by atoms with van der Waals surface area (Å²) in [6, 6.07) is 12.3. The summed E-state index contributed by atoms with van der Waals surface area (Å²) < 4.78 is 5.52. The van der Waals surface area contributed by atoms with Crippen molar-refractivity contribution >= 4 is 17.6 Å². The lowest BCUT2D eigenvalue weighted by atomic mass is 10.0. The third-order valence-electron chi connectivity index (χ3n) is 2.85. The summed E-state index contributed by atoms with van der Waals surface area (Å²) in [5.74, 6) is -0.171. The molecule has 2 aromatic rings. The second-order valence-electron chi connectivity index (χ2n) is 4.37. The topological polar surface area (TPSA) is 46.5 Å². The lowest BCUT2D eigenvalue weighted by Crippen LogP contribution is -1.96. The van der Waals surface area contributed by atoms with Gasteiger partial charge in [-0.2, -0.15) is 0 Å². The van der Waals surface area contributed by atoms with Crippen LogP contribution in [0.4, 0.5) is 0 Å². The van der Waals surface area contributed by atoms with E-state index in [2.05, 4.69) is 6.92 Å². The number of carboxylic acid groups (broad SMARTS) is 1. The second-order valence-corrected chi connectivity index (χ2v) is 4.78. The van der Waals surface area contributed by atoms with Crippen LogP contribution in [0.15, 0.2) is 42.5 Å². The molecular weight excluding hydrogens is 276 g/mol. The highest BCUT2D eigenvalue weighted by molar-refractivity contribution is 6.33. The molecule has 0 bridgehead atoms. The van der Waals surface area contributed by atoms with Crippen molar-refractivity contribution in [2.24, 2.45) is 0 Å². The van der Waals surface area contributed by atoms with Crippen LogP contribution in [0.3, 0.4) is 0 Å². The fourth-order valence-corrected chi connectivity index (χ4v) is 2.12. The number of carboxylic acids is 1. The molecule has 104 valence electrons. The number of halogens is 1. The van der Waals surface area contributed by atoms with Gasteiger partial charge < -0.3 is 9.84 Å². The van der Waals surface area contributed by atoms with Crippen molar-refractivity contribution in [3.8, 4) is 16.9 Å². The highest BCUT2D eigenvalue weighted by Gasteiger charge is 2.08. The summed E-state index contributed by atoms with van der Waals surface area (Å²) in [5, 5.41) is 9.34. The van der Waals surface area contributed by atoms with E-state index < -0.39 is 5.97 Å². The third kappa shape index (κ3) is 3.31. The van der Waals surface area contributed by atoms with Crippen LogP contribution in [-0.4, -0.2) is 17.7 Å². The Morgan fingerprint density at radius 1 is 1.20 bits per heavy atom. The van der Waals surface area contributed by atoms with Gasteiger partial charge in [-0.1, -0.05) is 36.7 Å². The highest BCUT2D eigenvalue weighted by Crippen LogP contribution is 2.30. The number of aromatic carboxylic acids is 1. The minimum atomic E-state index is -0.984. The van der Waals surface area contributed by atoms with E-state index in [9.17, 15) is 4.79 Å². The zero-order valence-corrected chi connectivity index (χ0v) is 11.9. The molecule has 0 fully saturated rings. The average molecular weight is 291 g/mol. The number of rotatable bonds is 5. The minimum Gasteiger partial charge on any atom is -0.494 e. The zero-order valence-electron chi connectivity index (χ0n) is 11.1. The van der Waals surface area contributed by atoms with Gasteiger partial charge in [-0.05, 0) is 36.2 Å². The first-order valence-electron chi connectivity index (χ1n) is 6.38. The Labute approximate surface area is 122 Å². The SMILES string of the molecule is CCCOc1ccc(-c2ccc(C(=O)O)cc2Cl)cc1. The van der Waals surface area contributed by atoms with E-state index in [1.165, 1.54) is 6.07 Å². The molecule has 0 heterocycles. The number of hydrogen-bond acceptors (Lipinski definition) is 2. The van der Waals surface area contributed by atoms with Gasteiger partial charge in [0.25, 0.3) is 0 Å². The zero-order chi connectivity index (χ0) is 14.5. The van der Waals surface area contributed by atoms with E-state index >= 15 is 0 Å². The van der Waals surface area contributed by atoms with Crippen LogP contribution in [0.5, 0.6) is 5.75 Å². The predicted molar refractivity (Wildman–Crippen MR) is 79.6 cm³/mol. The lowest BCUT2D eigenvalue weighted by molar-refractivity contribution is 0.0697. The maximum atomic E-state index is 10.9. The summed E-state index contributed by atoms with van der Waals surface area (Å²) in [6.45, 7) is 2.74. The van der Waals surface area contributed by atoms with Crippen molar-refractivity contribution in [1.82, 2.24) is 0 Å². The van der Waals surface area contributed by atoms with Crippen LogP contribution < -0.4 is 4.74 Å². The summed E-state index contributed by atoms with van der Waals surface area (Å²) in [6.07, 6.45) is 0.963. The van der Waals surface area contributed by atoms with E-state index in [4.69, 9.17) is 21.4 Å². The molecule has 0 aliphatic rings. The van der Waals surface area contributed by atoms with Gasteiger partial charge in [-0.15, -0.1) is 0 Å². The Bertz CT molecular complexity index is 606. The summed E-state index contributed by atoms with van der Waals surface area (Å²) >= 11 is 6.14. The quantitative estimate of drug-likeness (QED) is 0.882. The third-order valence-corrected chi connectivity index (χ3v) is 3.17. The fraction of sp³-hybridized carbons (Fsp3) is 0.188. The van der Waals surface area contributed by atoms with Crippen LogP contribution in [0.2, 0.25) is 5.02 Å². The van der Waals surface area contributed by atoms with Crippen molar-refractivity contribution in [1.29, 1.82) is 0 Å². The molecule has 0 aromatic heterocycles. The summed E-state index contributed by atoms with van der Waals surface area (Å²) in [4.78, 5) is 10.9. The first kappa shape index (κ1) is 14.4. The smallest absolute Gasteiger partial charge is 0.335 e. The van der Waals surface area contributed by atoms with E-state index in [0.717, 1.165) is 23.3 Å². The molecule has 0 saturated carbocycles. The molecule has 0 atom stereocenters. The van der Waals surface area contributed by atoms with Crippen molar-refractivity contribution in [2.45, 2.75) is 13.3 Å². The van der Waals surface area contributed by atoms with Crippen LogP contribution in [0, 0.1) is 0 Å². The fourth-order valence-electron chi connectivity index (χ4n) is 1.83. The first-order valence-corrected chi connectivity index (χ1v) is 6.75. The van der Waals surface area contributed by atoms with Crippen LogP contribution in [0.1, 0.15) is 23.7 Å². The molecule has 4 heteroatoms. The van der Waals surface area contributed by atoms with E-state index in [0.29, 0.717) is 11.6 Å². The van der Waals surface area contributed by atoms with E-state index in [1.807, 2.05) is 24.3 Å². The van der Waals surface area contributed by atoms with E-state index in [1.54, 1.807) is 12.1 Å². The normalized spacial score (nSPS) is 10.3. The minimum absolute atomic E-state index is 0.182. The molecule has 0 aliphatic heterocycles. The molecule has 0 saturated heterocycles. The van der Waals surface area contributed by atoms with Gasteiger partial charge in [0.1, 0.15) is 5.75 Å². The van der Waals surface area contributed by atoms with E-state index in [-0.39, 0.29) is 5.56 Å². The molecule has 3 nitrogen and oxygen atoms in total. The maximum Gasteiger partial charge on any atom is 0.335 e. The van der Waals surface area contributed by atoms with Gasteiger partial charge in [0.2, 0.25) is 0 Å². The second kappa shape index (κ2) is 6.44. The number of carbonyl (C=O) groups is 1. The molecule has 0 spiro atoms. The number of hydrogen-bond donors (Lipinski definition) is 1. The van der Waals surface area contributed by atoms with Crippen molar-refractivity contribution in [2.75, 3.05) is 6.61 Å². The van der Waals surface area contributed by atoms with Gasteiger partial charge in [-0.3, -0.25) is 0 Å². The molecule has 20 heavy (non-hydrogen) atoms. The van der Waals surface area contributed by atoms with Crippen LogP contribution >= 0.6 is 11.6 Å². The Hall–Kier alpha value is -2.00. The monoisotopic (exact) mass is 290 g/mol. The maximum absolute atomic E-state index is 10.9. The summed E-state index contributed by atoms with van der Waals surface area (Å²) in [5.41, 5.74) is 1.91. The molecule has 0 aliphatic carbocycles. The molecule has 0 radical (unpaired) electrons. The van der Waals surface area contributed by atoms with Gasteiger partial charge in [0.05, 0.1) is 12.2 Å². The Kier molecular flexibility index (Phi) is 4.64. The van der Waals surface area contributed by atoms with Gasteiger partial charge in [-0.25, -0.2) is 4.79 Å². The van der Waals surface area contributed by atoms with Gasteiger partial charge in [0, 0.05) is 10.6 Å². The first-order chi connectivity index (χ1) is 9.61. The average Bonchev–Trinajstić information content (AvgIpc) is 2.45. The molecule has 0 amide bonds. The van der Waals surface area contributed by atoms with Crippen LogP contribution in [-0.2, 0) is 0 Å². The molecule has 2 aromatic carbocycles. The largest absolute Gasteiger partial charge is 0.494 e. The molecule has 2 rings (SSSR count). The molecule has 0 unspecified atom stereocenters. The van der Waals surface area contributed by atoms with Gasteiger partial charge >= 0.3 is 5.97 Å². The Balaban J connectivity index is 2.25. The van der Waals surface area contributed by atoms with Crippen molar-refractivity contribution in [3.05, 3.63) is 53.1 Å². The number of benzene rings is 2. The lowest BCUT2D eigenvalue weighted by Gasteiger charge is -2.08. The van der Waals surface area contributed by atoms with Crippen LogP contribution in [0.25, 0.3) is 11.1 Å². The molecule has 1 N–H and O–H groups in total. The summed E-state index contributed by atoms with van der Waals surface area (Å²) in [7, 11) is 0. The molecular formula is C16H15ClO3. The van der Waals surface area contributed by atoms with Crippen molar-refractivity contribution in [3.63, 3.8) is 0 Å². The number of ether oxygens (including phenoxy) is 1. The Morgan fingerprint density at radius 2 is 1.90 bits per heavy atom. The standard InChI is InChI=1S/C16H15ClO3/c1-2-9-20-13-6-3-11(4-7-13)14-8-5-12(16(18)19)10-15(14)17/h3-8,10H,2,9H2,1H3,(H,18,19). The van der Waals surface area contributed by atoms with Gasteiger partial charge in [0.15, 0.2) is 0 Å².